The monoisotopic (exact) mass is 257 g/mol. The van der Waals surface area contributed by atoms with Crippen LogP contribution in [-0.2, 0) is 11.2 Å². The van der Waals surface area contributed by atoms with Crippen molar-refractivity contribution in [2.75, 3.05) is 7.11 Å². The van der Waals surface area contributed by atoms with Crippen molar-refractivity contribution in [2.45, 2.75) is 19.4 Å². The Morgan fingerprint density at radius 3 is 2.76 bits per heavy atom. The van der Waals surface area contributed by atoms with Gasteiger partial charge < -0.3 is 10.5 Å². The predicted octanol–water partition coefficient (Wildman–Crippen LogP) is 0.517. The number of hydrogen-bond acceptors (Lipinski definition) is 4. The Balaban J connectivity index is 2.97. The van der Waals surface area contributed by atoms with Crippen LogP contribution in [-0.4, -0.2) is 19.1 Å². The maximum atomic E-state index is 11.2. The van der Waals surface area contributed by atoms with E-state index >= 15 is 0 Å². The largest absolute Gasteiger partial charge is 0.496 e. The Labute approximate surface area is 105 Å². The molecule has 5 N–H and O–H groups in total. The molecule has 0 saturated carbocycles. The molecular formula is C11H16ClN3O2. The van der Waals surface area contributed by atoms with Crippen molar-refractivity contribution < 1.29 is 9.53 Å². The van der Waals surface area contributed by atoms with Crippen LogP contribution in [0.4, 0.5) is 0 Å². The number of aryl methyl sites for hydroxylation is 1. The Morgan fingerprint density at radius 1 is 1.59 bits per heavy atom. The maximum Gasteiger partial charge on any atom is 0.251 e. The molecule has 1 amide bonds. The highest BCUT2D eigenvalue weighted by Crippen LogP contribution is 2.27. The average molecular weight is 258 g/mol. The van der Waals surface area contributed by atoms with Gasteiger partial charge in [-0.1, -0.05) is 11.6 Å². The first-order chi connectivity index (χ1) is 7.99. The molecule has 1 unspecified atom stereocenters. The molecule has 94 valence electrons. The van der Waals surface area contributed by atoms with E-state index < -0.39 is 11.9 Å². The van der Waals surface area contributed by atoms with Gasteiger partial charge in [0.25, 0.3) is 5.91 Å². The third-order valence-corrected chi connectivity index (χ3v) is 2.89. The van der Waals surface area contributed by atoms with E-state index in [9.17, 15) is 4.79 Å². The minimum Gasteiger partial charge on any atom is -0.496 e. The van der Waals surface area contributed by atoms with Crippen LogP contribution in [0.15, 0.2) is 12.1 Å². The van der Waals surface area contributed by atoms with Gasteiger partial charge in [0, 0.05) is 11.4 Å². The van der Waals surface area contributed by atoms with E-state index in [2.05, 4.69) is 0 Å². The van der Waals surface area contributed by atoms with Gasteiger partial charge in [0.1, 0.15) is 5.75 Å². The lowest BCUT2D eigenvalue weighted by molar-refractivity contribution is -0.122. The maximum absolute atomic E-state index is 11.2. The highest BCUT2D eigenvalue weighted by molar-refractivity contribution is 6.31. The van der Waals surface area contributed by atoms with Gasteiger partial charge >= 0.3 is 0 Å². The molecule has 1 atom stereocenters. The van der Waals surface area contributed by atoms with E-state index in [1.165, 1.54) is 0 Å². The summed E-state index contributed by atoms with van der Waals surface area (Å²) in [5, 5.41) is 0.612. The van der Waals surface area contributed by atoms with E-state index in [1.807, 2.05) is 18.4 Å². The first-order valence-electron chi connectivity index (χ1n) is 5.08. The van der Waals surface area contributed by atoms with Gasteiger partial charge in [-0.2, -0.15) is 0 Å². The van der Waals surface area contributed by atoms with Gasteiger partial charge in [0.05, 0.1) is 13.2 Å². The minimum atomic E-state index is -0.729. The molecule has 17 heavy (non-hydrogen) atoms. The molecule has 0 aliphatic rings. The fourth-order valence-electron chi connectivity index (χ4n) is 1.48. The van der Waals surface area contributed by atoms with Crippen molar-refractivity contribution in [2.24, 2.45) is 11.6 Å². The van der Waals surface area contributed by atoms with E-state index in [4.69, 9.17) is 27.9 Å². The van der Waals surface area contributed by atoms with Crippen LogP contribution < -0.4 is 21.7 Å². The molecular weight excluding hydrogens is 242 g/mol. The van der Waals surface area contributed by atoms with Crippen LogP contribution in [0.2, 0.25) is 5.02 Å². The van der Waals surface area contributed by atoms with Crippen molar-refractivity contribution in [3.63, 3.8) is 0 Å². The van der Waals surface area contributed by atoms with Crippen LogP contribution in [0.5, 0.6) is 5.75 Å². The molecule has 0 fully saturated rings. The number of rotatable bonds is 4. The van der Waals surface area contributed by atoms with Crippen molar-refractivity contribution in [1.29, 1.82) is 0 Å². The molecule has 1 rings (SSSR count). The van der Waals surface area contributed by atoms with Crippen LogP contribution in [0.3, 0.4) is 0 Å². The Bertz CT molecular complexity index is 423. The lowest BCUT2D eigenvalue weighted by Crippen LogP contribution is -2.45. The second-order valence-electron chi connectivity index (χ2n) is 3.73. The summed E-state index contributed by atoms with van der Waals surface area (Å²) in [5.74, 6) is 5.25. The predicted molar refractivity (Wildman–Crippen MR) is 66.8 cm³/mol. The number of ether oxygens (including phenoxy) is 1. The molecule has 0 saturated heterocycles. The van der Waals surface area contributed by atoms with Gasteiger partial charge in [-0.15, -0.1) is 0 Å². The number of nitrogens with two attached hydrogens (primary N) is 2. The standard InChI is InChI=1S/C11H16ClN3O2/c1-6-3-10(17-2)7(4-8(6)12)5-9(13)11(16)15-14/h3-4,9H,5,13-14H2,1-2H3,(H,15,16). The average Bonchev–Trinajstić information content (AvgIpc) is 2.32. The van der Waals surface area contributed by atoms with Crippen molar-refractivity contribution >= 4 is 17.5 Å². The molecule has 0 heterocycles. The number of nitrogens with one attached hydrogen (secondary N) is 1. The van der Waals surface area contributed by atoms with E-state index in [0.717, 1.165) is 11.1 Å². The first kappa shape index (κ1) is 13.8. The number of hydrogen-bond donors (Lipinski definition) is 3. The Morgan fingerprint density at radius 2 is 2.24 bits per heavy atom. The van der Waals surface area contributed by atoms with Crippen LogP contribution >= 0.6 is 11.6 Å². The summed E-state index contributed by atoms with van der Waals surface area (Å²) in [6, 6.07) is 2.83. The van der Waals surface area contributed by atoms with Crippen LogP contribution in [0.1, 0.15) is 11.1 Å². The van der Waals surface area contributed by atoms with E-state index in [0.29, 0.717) is 17.2 Å². The molecule has 0 radical (unpaired) electrons. The van der Waals surface area contributed by atoms with Crippen molar-refractivity contribution in [1.82, 2.24) is 5.43 Å². The summed E-state index contributed by atoms with van der Waals surface area (Å²) in [6.45, 7) is 1.88. The molecule has 0 aliphatic carbocycles. The summed E-state index contributed by atoms with van der Waals surface area (Å²) < 4.78 is 5.22. The Hall–Kier alpha value is -1.30. The zero-order chi connectivity index (χ0) is 13.0. The number of benzene rings is 1. The molecule has 0 aliphatic heterocycles. The van der Waals surface area contributed by atoms with Crippen LogP contribution in [0, 0.1) is 6.92 Å². The highest BCUT2D eigenvalue weighted by Gasteiger charge is 2.16. The summed E-state index contributed by atoms with van der Waals surface area (Å²) in [7, 11) is 1.56. The number of carbonyl (C=O) groups excluding carboxylic acids is 1. The van der Waals surface area contributed by atoms with Gasteiger partial charge in [-0.25, -0.2) is 5.84 Å². The van der Waals surface area contributed by atoms with Crippen LogP contribution in [0.25, 0.3) is 0 Å². The van der Waals surface area contributed by atoms with Gasteiger partial charge in [-0.05, 0) is 30.2 Å². The quantitative estimate of drug-likeness (QED) is 0.417. The fraction of sp³-hybridized carbons (Fsp3) is 0.364. The molecule has 0 spiro atoms. The number of amides is 1. The van der Waals surface area contributed by atoms with Crippen molar-refractivity contribution in [3.05, 3.63) is 28.3 Å². The molecule has 6 heteroatoms. The van der Waals surface area contributed by atoms with Gasteiger partial charge in [0.15, 0.2) is 0 Å². The van der Waals surface area contributed by atoms with Crippen molar-refractivity contribution in [3.8, 4) is 5.75 Å². The number of halogens is 1. The molecule has 1 aromatic rings. The molecule has 1 aromatic carbocycles. The summed E-state index contributed by atoms with van der Waals surface area (Å²) in [6.07, 6.45) is 0.312. The van der Waals surface area contributed by atoms with Gasteiger partial charge in [0.2, 0.25) is 0 Å². The van der Waals surface area contributed by atoms with Gasteiger partial charge in [-0.3, -0.25) is 10.2 Å². The first-order valence-corrected chi connectivity index (χ1v) is 5.46. The highest BCUT2D eigenvalue weighted by atomic mass is 35.5. The minimum absolute atomic E-state index is 0.312. The molecule has 0 bridgehead atoms. The zero-order valence-electron chi connectivity index (χ0n) is 9.79. The third kappa shape index (κ3) is 3.33. The number of hydrazine groups is 1. The summed E-state index contributed by atoms with van der Waals surface area (Å²) in [4.78, 5) is 11.2. The normalized spacial score (nSPS) is 12.1. The lowest BCUT2D eigenvalue weighted by Gasteiger charge is -2.14. The third-order valence-electron chi connectivity index (χ3n) is 2.48. The Kier molecular flexibility index (Phi) is 4.74. The smallest absolute Gasteiger partial charge is 0.251 e. The topological polar surface area (TPSA) is 90.4 Å². The second-order valence-corrected chi connectivity index (χ2v) is 4.14. The summed E-state index contributed by atoms with van der Waals surface area (Å²) in [5.41, 5.74) is 9.38. The van der Waals surface area contributed by atoms with E-state index in [1.54, 1.807) is 13.2 Å². The number of methoxy groups -OCH3 is 1. The lowest BCUT2D eigenvalue weighted by atomic mass is 10.0. The number of carbonyl (C=O) groups is 1. The zero-order valence-corrected chi connectivity index (χ0v) is 10.5. The second kappa shape index (κ2) is 5.86. The fourth-order valence-corrected chi connectivity index (χ4v) is 1.67. The molecule has 0 aromatic heterocycles. The molecule has 5 nitrogen and oxygen atoms in total. The SMILES string of the molecule is COc1cc(C)c(Cl)cc1CC(N)C(=O)NN. The summed E-state index contributed by atoms with van der Waals surface area (Å²) >= 11 is 6.02. The van der Waals surface area contributed by atoms with E-state index in [-0.39, 0.29) is 0 Å².